The van der Waals surface area contributed by atoms with Crippen LogP contribution in [0.3, 0.4) is 0 Å². The third kappa shape index (κ3) is 3.20. The summed E-state index contributed by atoms with van der Waals surface area (Å²) in [5.74, 6) is -0.740. The smallest absolute Gasteiger partial charge is 0.311 e. The molecule has 0 aliphatic carbocycles. The van der Waals surface area contributed by atoms with Crippen molar-refractivity contribution in [1.82, 2.24) is 0 Å². The summed E-state index contributed by atoms with van der Waals surface area (Å²) in [6.45, 7) is 0. The van der Waals surface area contributed by atoms with Gasteiger partial charge in [-0.2, -0.15) is 0 Å². The van der Waals surface area contributed by atoms with E-state index in [1.807, 2.05) is 48.5 Å². The molecule has 0 heterocycles. The molecule has 2 aromatic carbocycles. The van der Waals surface area contributed by atoms with Crippen molar-refractivity contribution in [1.29, 1.82) is 0 Å². The Bertz CT molecular complexity index is 610. The van der Waals surface area contributed by atoms with E-state index in [4.69, 9.17) is 4.74 Å². The Hall–Kier alpha value is -1.81. The number of aliphatic carboxylic acids is 1. The maximum absolute atomic E-state index is 11.6. The van der Waals surface area contributed by atoms with Crippen LogP contribution in [0.4, 0.5) is 0 Å². The van der Waals surface area contributed by atoms with Crippen molar-refractivity contribution in [3.05, 3.63) is 64.1 Å². The average molecular weight is 335 g/mol. The highest BCUT2D eigenvalue weighted by atomic mass is 79.9. The number of carbonyl (C=O) groups is 1. The van der Waals surface area contributed by atoms with E-state index in [2.05, 4.69) is 15.9 Å². The summed E-state index contributed by atoms with van der Waals surface area (Å²) in [6, 6.07) is 14.9. The van der Waals surface area contributed by atoms with Crippen LogP contribution in [0, 0.1) is 0 Å². The van der Waals surface area contributed by atoms with Crippen molar-refractivity contribution < 1.29 is 14.6 Å². The van der Waals surface area contributed by atoms with Gasteiger partial charge in [0.05, 0.1) is 13.0 Å². The molecule has 0 bridgehead atoms. The molecule has 1 unspecified atom stereocenters. The molecule has 2 aromatic rings. The van der Waals surface area contributed by atoms with Crippen LogP contribution in [-0.4, -0.2) is 18.2 Å². The van der Waals surface area contributed by atoms with Crippen molar-refractivity contribution in [3.63, 3.8) is 0 Å². The van der Waals surface area contributed by atoms with Gasteiger partial charge in [-0.15, -0.1) is 0 Å². The summed E-state index contributed by atoms with van der Waals surface area (Å²) in [6.07, 6.45) is 0.391. The molecule has 3 nitrogen and oxygen atoms in total. The quantitative estimate of drug-likeness (QED) is 0.902. The van der Waals surface area contributed by atoms with Crippen molar-refractivity contribution in [2.75, 3.05) is 7.11 Å². The zero-order valence-corrected chi connectivity index (χ0v) is 12.6. The topological polar surface area (TPSA) is 46.5 Å². The standard InChI is InChI=1S/C16H15BrO3/c1-20-15-9-5-2-6-11(15)10-13(16(18)19)12-7-3-4-8-14(12)17/h2-9,13H,10H2,1H3,(H,18,19). The van der Waals surface area contributed by atoms with E-state index in [0.29, 0.717) is 12.2 Å². The molecule has 0 spiro atoms. The first-order valence-electron chi connectivity index (χ1n) is 6.22. The van der Waals surface area contributed by atoms with Gasteiger partial charge in [-0.05, 0) is 29.7 Å². The highest BCUT2D eigenvalue weighted by Gasteiger charge is 2.23. The molecule has 104 valence electrons. The number of ether oxygens (including phenoxy) is 1. The zero-order chi connectivity index (χ0) is 14.5. The van der Waals surface area contributed by atoms with Gasteiger partial charge in [0.1, 0.15) is 5.75 Å². The van der Waals surface area contributed by atoms with Crippen LogP contribution in [0.1, 0.15) is 17.0 Å². The number of para-hydroxylation sites is 1. The van der Waals surface area contributed by atoms with Crippen LogP contribution < -0.4 is 4.74 Å². The second-order valence-electron chi connectivity index (χ2n) is 4.43. The Morgan fingerprint density at radius 2 is 1.85 bits per heavy atom. The molecule has 4 heteroatoms. The first-order chi connectivity index (χ1) is 9.63. The zero-order valence-electron chi connectivity index (χ0n) is 11.0. The molecule has 0 amide bonds. The van der Waals surface area contributed by atoms with Gasteiger partial charge in [-0.1, -0.05) is 52.3 Å². The largest absolute Gasteiger partial charge is 0.496 e. The molecular weight excluding hydrogens is 320 g/mol. The molecule has 0 radical (unpaired) electrons. The first-order valence-corrected chi connectivity index (χ1v) is 7.02. The van der Waals surface area contributed by atoms with Crippen LogP contribution in [0.5, 0.6) is 5.75 Å². The van der Waals surface area contributed by atoms with Gasteiger partial charge >= 0.3 is 5.97 Å². The normalized spacial score (nSPS) is 11.9. The molecule has 20 heavy (non-hydrogen) atoms. The molecular formula is C16H15BrO3. The fourth-order valence-electron chi connectivity index (χ4n) is 2.18. The Labute approximate surface area is 126 Å². The van der Waals surface area contributed by atoms with Gasteiger partial charge in [-0.25, -0.2) is 0 Å². The molecule has 0 saturated carbocycles. The van der Waals surface area contributed by atoms with Crippen LogP contribution in [0.25, 0.3) is 0 Å². The van der Waals surface area contributed by atoms with Crippen molar-refractivity contribution in [2.45, 2.75) is 12.3 Å². The number of benzene rings is 2. The first kappa shape index (κ1) is 14.6. The second kappa shape index (κ2) is 6.57. The van der Waals surface area contributed by atoms with Crippen molar-refractivity contribution >= 4 is 21.9 Å². The third-order valence-electron chi connectivity index (χ3n) is 3.20. The Morgan fingerprint density at radius 3 is 2.50 bits per heavy atom. The lowest BCUT2D eigenvalue weighted by Crippen LogP contribution is -2.15. The number of methoxy groups -OCH3 is 1. The number of rotatable bonds is 5. The maximum Gasteiger partial charge on any atom is 0.311 e. The van der Waals surface area contributed by atoms with Gasteiger partial charge in [0.15, 0.2) is 0 Å². The van der Waals surface area contributed by atoms with Gasteiger partial charge in [0.2, 0.25) is 0 Å². The minimum absolute atomic E-state index is 0.391. The molecule has 2 rings (SSSR count). The Morgan fingerprint density at radius 1 is 1.20 bits per heavy atom. The lowest BCUT2D eigenvalue weighted by molar-refractivity contribution is -0.138. The van der Waals surface area contributed by atoms with E-state index in [-0.39, 0.29) is 0 Å². The lowest BCUT2D eigenvalue weighted by atomic mass is 9.92. The summed E-state index contributed by atoms with van der Waals surface area (Å²) in [4.78, 5) is 11.6. The molecule has 1 N–H and O–H groups in total. The summed E-state index contributed by atoms with van der Waals surface area (Å²) in [7, 11) is 1.59. The van der Waals surface area contributed by atoms with Crippen molar-refractivity contribution in [3.8, 4) is 5.75 Å². The minimum Gasteiger partial charge on any atom is -0.496 e. The molecule has 1 atom stereocenters. The number of carboxylic acid groups (broad SMARTS) is 1. The van der Waals surface area contributed by atoms with Gasteiger partial charge in [0, 0.05) is 4.47 Å². The maximum atomic E-state index is 11.6. The predicted octanol–water partition coefficient (Wildman–Crippen LogP) is 3.87. The van der Waals surface area contributed by atoms with Crippen molar-refractivity contribution in [2.24, 2.45) is 0 Å². The fraction of sp³-hybridized carbons (Fsp3) is 0.188. The summed E-state index contributed by atoms with van der Waals surface area (Å²) >= 11 is 3.42. The van der Waals surface area contributed by atoms with Gasteiger partial charge < -0.3 is 9.84 Å². The van der Waals surface area contributed by atoms with Crippen LogP contribution in [0.2, 0.25) is 0 Å². The molecule has 0 aromatic heterocycles. The highest BCUT2D eigenvalue weighted by molar-refractivity contribution is 9.10. The average Bonchev–Trinajstić information content (AvgIpc) is 2.46. The van der Waals surface area contributed by atoms with E-state index >= 15 is 0 Å². The summed E-state index contributed by atoms with van der Waals surface area (Å²) in [5.41, 5.74) is 1.66. The fourth-order valence-corrected chi connectivity index (χ4v) is 2.74. The summed E-state index contributed by atoms with van der Waals surface area (Å²) < 4.78 is 6.10. The van der Waals surface area contributed by atoms with E-state index in [1.54, 1.807) is 7.11 Å². The monoisotopic (exact) mass is 334 g/mol. The predicted molar refractivity (Wildman–Crippen MR) is 81.2 cm³/mol. The molecule has 0 aliphatic heterocycles. The Kier molecular flexibility index (Phi) is 4.79. The van der Waals surface area contributed by atoms with Crippen LogP contribution in [0.15, 0.2) is 53.0 Å². The van der Waals surface area contributed by atoms with Crippen LogP contribution >= 0.6 is 15.9 Å². The highest BCUT2D eigenvalue weighted by Crippen LogP contribution is 2.30. The lowest BCUT2D eigenvalue weighted by Gasteiger charge is -2.16. The Balaban J connectivity index is 2.36. The van der Waals surface area contributed by atoms with Crippen LogP contribution in [-0.2, 0) is 11.2 Å². The minimum atomic E-state index is -0.845. The second-order valence-corrected chi connectivity index (χ2v) is 5.28. The number of carboxylic acids is 1. The third-order valence-corrected chi connectivity index (χ3v) is 3.92. The molecule has 0 fully saturated rings. The van der Waals surface area contributed by atoms with E-state index in [0.717, 1.165) is 15.6 Å². The summed E-state index contributed by atoms with van der Waals surface area (Å²) in [5, 5.41) is 9.51. The number of hydrogen-bond donors (Lipinski definition) is 1. The SMILES string of the molecule is COc1ccccc1CC(C(=O)O)c1ccccc1Br. The van der Waals surface area contributed by atoms with Gasteiger partial charge in [0.25, 0.3) is 0 Å². The van der Waals surface area contributed by atoms with Gasteiger partial charge in [-0.3, -0.25) is 4.79 Å². The molecule has 0 aliphatic rings. The number of halogens is 1. The molecule has 0 saturated heterocycles. The van der Waals surface area contributed by atoms with E-state index < -0.39 is 11.9 Å². The van der Waals surface area contributed by atoms with E-state index in [1.165, 1.54) is 0 Å². The van der Waals surface area contributed by atoms with E-state index in [9.17, 15) is 9.90 Å². The number of hydrogen-bond acceptors (Lipinski definition) is 2.